The number of halogens is 3. The molecule has 1 aromatic heterocycles. The van der Waals surface area contributed by atoms with Crippen molar-refractivity contribution in [1.82, 2.24) is 9.55 Å². The summed E-state index contributed by atoms with van der Waals surface area (Å²) in [4.78, 5) is 4.15. The van der Waals surface area contributed by atoms with E-state index in [0.29, 0.717) is 4.58 Å². The van der Waals surface area contributed by atoms with Gasteiger partial charge < -0.3 is 16.0 Å². The zero-order valence-electron chi connectivity index (χ0n) is 15.1. The molecule has 0 amide bonds. The molecule has 3 aromatic rings. The minimum Gasteiger partial charge on any atom is -0.399 e. The number of benzene rings is 2. The highest BCUT2D eigenvalue weighted by Crippen LogP contribution is 2.31. The number of anilines is 2. The van der Waals surface area contributed by atoms with E-state index in [-0.39, 0.29) is 37.2 Å². The van der Waals surface area contributed by atoms with E-state index < -0.39 is 0 Å². The maximum absolute atomic E-state index is 5.77. The Kier molecular flexibility index (Phi) is 13.3. The SMILES string of the molecule is Cl.Cl.Cl.Nc1ccc(CSC(Cn2ccnc2)SCc2ccc(N)cc2)cc1. The van der Waals surface area contributed by atoms with Crippen molar-refractivity contribution < 1.29 is 0 Å². The Balaban J connectivity index is 0.00000243. The van der Waals surface area contributed by atoms with Gasteiger partial charge in [0.05, 0.1) is 10.9 Å². The molecule has 0 spiro atoms. The quantitative estimate of drug-likeness (QED) is 0.329. The first kappa shape index (κ1) is 26.8. The van der Waals surface area contributed by atoms with Crippen LogP contribution < -0.4 is 11.5 Å². The molecule has 0 bridgehead atoms. The minimum absolute atomic E-state index is 0. The zero-order valence-corrected chi connectivity index (χ0v) is 19.2. The maximum atomic E-state index is 5.77. The monoisotopic (exact) mass is 478 g/mol. The first-order valence-corrected chi connectivity index (χ1v) is 10.2. The molecule has 0 saturated heterocycles. The van der Waals surface area contributed by atoms with Crippen LogP contribution in [0.3, 0.4) is 0 Å². The summed E-state index contributed by atoms with van der Waals surface area (Å²) in [7, 11) is 0. The molecule has 0 saturated carbocycles. The summed E-state index contributed by atoms with van der Waals surface area (Å²) >= 11 is 3.90. The Labute approximate surface area is 193 Å². The molecule has 4 nitrogen and oxygen atoms in total. The first-order valence-electron chi connectivity index (χ1n) is 8.07. The van der Waals surface area contributed by atoms with Crippen molar-refractivity contribution in [2.75, 3.05) is 11.5 Å². The lowest BCUT2D eigenvalue weighted by molar-refractivity contribution is 0.750. The Morgan fingerprint density at radius 1 is 0.786 bits per heavy atom. The number of nitrogens with zero attached hydrogens (tertiary/aromatic N) is 2. The third-order valence-electron chi connectivity index (χ3n) is 3.75. The van der Waals surface area contributed by atoms with Gasteiger partial charge in [0, 0.05) is 41.8 Å². The van der Waals surface area contributed by atoms with E-state index in [0.717, 1.165) is 29.4 Å². The Hall–Kier alpha value is -1.18. The molecule has 0 atom stereocenters. The summed E-state index contributed by atoms with van der Waals surface area (Å²) in [5, 5.41) is 0. The number of aromatic nitrogens is 2. The van der Waals surface area contributed by atoms with Gasteiger partial charge in [-0.1, -0.05) is 24.3 Å². The van der Waals surface area contributed by atoms with Crippen molar-refractivity contribution in [3.05, 3.63) is 78.4 Å². The molecule has 9 heteroatoms. The van der Waals surface area contributed by atoms with E-state index >= 15 is 0 Å². The van der Waals surface area contributed by atoms with Crippen molar-refractivity contribution in [3.63, 3.8) is 0 Å². The number of imidazole rings is 1. The van der Waals surface area contributed by atoms with Crippen LogP contribution in [-0.4, -0.2) is 14.1 Å². The van der Waals surface area contributed by atoms with Crippen LogP contribution in [-0.2, 0) is 18.1 Å². The zero-order chi connectivity index (χ0) is 17.5. The second kappa shape index (κ2) is 13.9. The van der Waals surface area contributed by atoms with Crippen LogP contribution in [0.25, 0.3) is 0 Å². The number of nitrogens with two attached hydrogens (primary N) is 2. The molecule has 28 heavy (non-hydrogen) atoms. The van der Waals surface area contributed by atoms with Crippen LogP contribution in [0, 0.1) is 0 Å². The van der Waals surface area contributed by atoms with Gasteiger partial charge in [0.15, 0.2) is 0 Å². The van der Waals surface area contributed by atoms with E-state index in [1.807, 2.05) is 66.5 Å². The highest BCUT2D eigenvalue weighted by molar-refractivity contribution is 8.16. The summed E-state index contributed by atoms with van der Waals surface area (Å²) in [5.41, 5.74) is 15.7. The maximum Gasteiger partial charge on any atom is 0.0946 e. The van der Waals surface area contributed by atoms with Crippen molar-refractivity contribution in [2.24, 2.45) is 0 Å². The van der Waals surface area contributed by atoms with Crippen molar-refractivity contribution in [1.29, 1.82) is 0 Å². The molecule has 1 heterocycles. The minimum atomic E-state index is 0. The number of nitrogen functional groups attached to an aromatic ring is 2. The molecule has 154 valence electrons. The van der Waals surface area contributed by atoms with Crippen molar-refractivity contribution >= 4 is 72.1 Å². The fraction of sp³-hybridized carbons (Fsp3) is 0.211. The van der Waals surface area contributed by atoms with Crippen molar-refractivity contribution in [3.8, 4) is 0 Å². The number of hydrogen-bond donors (Lipinski definition) is 2. The summed E-state index contributed by atoms with van der Waals surface area (Å²) in [6.45, 7) is 0.930. The molecule has 0 fully saturated rings. The lowest BCUT2D eigenvalue weighted by atomic mass is 10.2. The van der Waals surface area contributed by atoms with E-state index in [9.17, 15) is 0 Å². The summed E-state index contributed by atoms with van der Waals surface area (Å²) in [6.07, 6.45) is 5.72. The topological polar surface area (TPSA) is 69.9 Å². The van der Waals surface area contributed by atoms with Crippen molar-refractivity contribution in [2.45, 2.75) is 22.6 Å². The normalized spacial score (nSPS) is 9.89. The molecular formula is C19H25Cl3N4S2. The van der Waals surface area contributed by atoms with Crippen LogP contribution in [0.4, 0.5) is 11.4 Å². The second-order valence-corrected chi connectivity index (χ2v) is 8.47. The van der Waals surface area contributed by atoms with Gasteiger partial charge in [-0.3, -0.25) is 0 Å². The fourth-order valence-electron chi connectivity index (χ4n) is 2.33. The third kappa shape index (κ3) is 8.88. The van der Waals surface area contributed by atoms with Gasteiger partial charge in [0.1, 0.15) is 0 Å². The fourth-order valence-corrected chi connectivity index (χ4v) is 4.82. The highest BCUT2D eigenvalue weighted by atomic mass is 35.5. The van der Waals surface area contributed by atoms with Gasteiger partial charge in [-0.15, -0.1) is 60.7 Å². The largest absolute Gasteiger partial charge is 0.399 e. The van der Waals surface area contributed by atoms with Crippen LogP contribution in [0.1, 0.15) is 11.1 Å². The van der Waals surface area contributed by atoms with Crippen LogP contribution in [0.15, 0.2) is 67.3 Å². The molecular weight excluding hydrogens is 455 g/mol. The standard InChI is InChI=1S/C19H22N4S2.3ClH/c20-17-5-1-15(2-6-17)12-24-19(11-23-10-9-22-14-23)25-13-16-3-7-18(21)8-4-16;;;/h1-10,14,19H,11-13,20-21H2;3*1H. The van der Waals surface area contributed by atoms with Crippen LogP contribution in [0.5, 0.6) is 0 Å². The number of rotatable bonds is 8. The predicted octanol–water partition coefficient (Wildman–Crippen LogP) is 5.51. The van der Waals surface area contributed by atoms with E-state index in [1.165, 1.54) is 11.1 Å². The molecule has 0 aliphatic rings. The summed E-state index contributed by atoms with van der Waals surface area (Å²) in [5.74, 6) is 1.93. The van der Waals surface area contributed by atoms with Gasteiger partial charge in [-0.05, 0) is 35.4 Å². The molecule has 0 radical (unpaired) electrons. The van der Waals surface area contributed by atoms with Crippen LogP contribution in [0.2, 0.25) is 0 Å². The highest BCUT2D eigenvalue weighted by Gasteiger charge is 2.12. The van der Waals surface area contributed by atoms with Gasteiger partial charge >= 0.3 is 0 Å². The lowest BCUT2D eigenvalue weighted by Crippen LogP contribution is -2.09. The molecule has 0 aliphatic heterocycles. The predicted molar refractivity (Wildman–Crippen MR) is 132 cm³/mol. The third-order valence-corrected chi connectivity index (χ3v) is 6.61. The summed E-state index contributed by atoms with van der Waals surface area (Å²) in [6, 6.07) is 16.2. The lowest BCUT2D eigenvalue weighted by Gasteiger charge is -2.17. The number of hydrogen-bond acceptors (Lipinski definition) is 5. The Bertz CT molecular complexity index is 719. The summed E-state index contributed by atoms with van der Waals surface area (Å²) < 4.78 is 2.57. The Morgan fingerprint density at radius 2 is 1.25 bits per heavy atom. The van der Waals surface area contributed by atoms with E-state index in [1.54, 1.807) is 0 Å². The number of thioether (sulfide) groups is 2. The average Bonchev–Trinajstić information content (AvgIpc) is 3.13. The Morgan fingerprint density at radius 3 is 1.64 bits per heavy atom. The second-order valence-electron chi connectivity index (χ2n) is 5.79. The van der Waals surface area contributed by atoms with E-state index in [2.05, 4.69) is 33.8 Å². The van der Waals surface area contributed by atoms with Gasteiger partial charge in [0.25, 0.3) is 0 Å². The molecule has 0 unspecified atom stereocenters. The molecule has 0 aliphatic carbocycles. The van der Waals surface area contributed by atoms with Gasteiger partial charge in [-0.25, -0.2) is 4.98 Å². The van der Waals surface area contributed by atoms with Crippen LogP contribution >= 0.6 is 60.7 Å². The molecule has 2 aromatic carbocycles. The van der Waals surface area contributed by atoms with Gasteiger partial charge in [0.2, 0.25) is 0 Å². The first-order chi connectivity index (χ1) is 12.2. The van der Waals surface area contributed by atoms with E-state index in [4.69, 9.17) is 11.5 Å². The molecule has 3 rings (SSSR count). The average molecular weight is 480 g/mol. The smallest absolute Gasteiger partial charge is 0.0946 e. The van der Waals surface area contributed by atoms with Gasteiger partial charge in [-0.2, -0.15) is 0 Å². The molecule has 4 N–H and O–H groups in total.